The monoisotopic (exact) mass is 1780 g/mol. The molecular formula is C106H76N8O2S9. The van der Waals surface area contributed by atoms with E-state index in [1.807, 2.05) is 95.8 Å². The lowest BCUT2D eigenvalue weighted by atomic mass is 9.82. The van der Waals surface area contributed by atoms with Gasteiger partial charge in [-0.05, 0) is 187 Å². The van der Waals surface area contributed by atoms with Gasteiger partial charge in [-0.1, -0.05) is 228 Å². The van der Waals surface area contributed by atoms with Crippen molar-refractivity contribution in [3.05, 3.63) is 342 Å². The number of fused-ring (bicyclic) bond motifs is 18. The van der Waals surface area contributed by atoms with Crippen LogP contribution >= 0.6 is 102 Å². The molecule has 19 heteroatoms. The summed E-state index contributed by atoms with van der Waals surface area (Å²) in [6, 6.07) is 89.0. The number of nitrogens with two attached hydrogens (primary N) is 2. The molecule has 606 valence electrons. The Kier molecular flexibility index (Phi) is 21.8. The number of Topliss-reactive ketones (excluding diaryl/α,β-unsaturated/α-hetero) is 2. The molecule has 23 aromatic rings. The highest BCUT2D eigenvalue weighted by molar-refractivity contribution is 7.24. The van der Waals surface area contributed by atoms with Gasteiger partial charge in [0.1, 0.15) is 11.0 Å². The van der Waals surface area contributed by atoms with E-state index < -0.39 is 11.6 Å². The Hall–Kier alpha value is -12.8. The van der Waals surface area contributed by atoms with Crippen LogP contribution in [0.1, 0.15) is 64.5 Å². The van der Waals surface area contributed by atoms with Gasteiger partial charge in [0.2, 0.25) is 11.6 Å². The van der Waals surface area contributed by atoms with Crippen LogP contribution < -0.4 is 11.5 Å². The molecule has 125 heavy (non-hydrogen) atoms. The Morgan fingerprint density at radius 1 is 0.224 bits per heavy atom. The Bertz CT molecular complexity index is 7820. The maximum absolute atomic E-state index is 12.0. The number of aryl methyl sites for hydroxylation is 8. The van der Waals surface area contributed by atoms with E-state index in [9.17, 15) is 9.59 Å². The highest BCUT2D eigenvalue weighted by atomic mass is 32.1. The van der Waals surface area contributed by atoms with E-state index >= 15 is 0 Å². The van der Waals surface area contributed by atoms with Crippen molar-refractivity contribution in [1.29, 1.82) is 0 Å². The summed E-state index contributed by atoms with van der Waals surface area (Å²) in [7, 11) is 0. The van der Waals surface area contributed by atoms with Crippen LogP contribution in [0.2, 0.25) is 0 Å². The van der Waals surface area contributed by atoms with Crippen LogP contribution in [-0.2, 0) is 0 Å². The standard InChI is InChI=1S/C32H24N2S2.C30H20N2S2.C16H12O2.C14H8N2S3.C14H12N2S2/c1-17-5-9-21-24(15-17)25-16-18(2)6-10-22(25)31-30(21)33-29-19(3)7-11-23(32(29)34-31)26-13-14-28(36-26)27-12-8-20(4)35-27;1-17-7-9-19-23(15-17)24-16-18(2)8-10-20(24)28-27(19)31-29-21(25-5-3-13-33-25)11-12-22(30(29)32-28)26-6-4-14-34-26;1-9-3-5-11-13(7-9)14-8-10(2)4-6-12(14)16(18)15(11)17;1-3-11(17-7-1)9-5-6-10(12-4-2-8-18-12)14-13(9)15-19-16-14;15-13-9(11-3-1-7-17-11)5-6-10(14(13)16)12-4-2-8-18-12/h5-16H,1-4H3;3-16H,1-2H3;3-8H,1-2H3;1-8H;1-8H,15-16H2. The quantitative estimate of drug-likeness (QED) is 0.0648. The third kappa shape index (κ3) is 15.2. The molecule has 0 atom stereocenters. The van der Waals surface area contributed by atoms with Gasteiger partial charge in [0.05, 0.1) is 67.2 Å². The van der Waals surface area contributed by atoms with E-state index in [2.05, 4.69) is 266 Å². The first-order valence-corrected chi connectivity index (χ1v) is 48.3. The molecule has 0 bridgehead atoms. The normalized spacial score (nSPS) is 11.8. The number of carbonyl (C=O) groups is 2. The van der Waals surface area contributed by atoms with Crippen LogP contribution in [-0.4, -0.2) is 40.2 Å². The first-order chi connectivity index (χ1) is 60.9. The van der Waals surface area contributed by atoms with Gasteiger partial charge < -0.3 is 11.5 Å². The molecule has 1 aliphatic carbocycles. The summed E-state index contributed by atoms with van der Waals surface area (Å²) in [5.74, 6) is -0.803. The highest BCUT2D eigenvalue weighted by Crippen LogP contribution is 2.47. The van der Waals surface area contributed by atoms with Crippen molar-refractivity contribution < 1.29 is 9.59 Å². The molecule has 0 amide bonds. The topological polar surface area (TPSA) is 164 Å². The fourth-order valence-electron chi connectivity index (χ4n) is 16.6. The number of hydrogen-bond donors (Lipinski definition) is 2. The number of ketones is 2. The van der Waals surface area contributed by atoms with Gasteiger partial charge in [0, 0.05) is 120 Å². The van der Waals surface area contributed by atoms with Crippen molar-refractivity contribution >= 4 is 224 Å². The summed E-state index contributed by atoms with van der Waals surface area (Å²) >= 11 is 15.3. The fourth-order valence-corrected chi connectivity index (χ4v) is 23.7. The zero-order chi connectivity index (χ0) is 85.4. The van der Waals surface area contributed by atoms with E-state index in [-0.39, 0.29) is 0 Å². The van der Waals surface area contributed by atoms with E-state index in [1.54, 1.807) is 80.2 Å². The summed E-state index contributed by atoms with van der Waals surface area (Å²) in [4.78, 5) is 57.9. The molecule has 0 radical (unpaired) electrons. The van der Waals surface area contributed by atoms with Gasteiger partial charge in [-0.15, -0.1) is 90.7 Å². The Labute approximate surface area is 757 Å². The molecule has 24 rings (SSSR count). The number of nitrogens with zero attached hydrogens (tertiary/aromatic N) is 6. The summed E-state index contributed by atoms with van der Waals surface area (Å²) < 4.78 is 8.97. The molecule has 0 saturated heterocycles. The Balaban J connectivity index is 0.000000102. The van der Waals surface area contributed by atoms with Crippen molar-refractivity contribution in [2.45, 2.75) is 55.4 Å². The maximum Gasteiger partial charge on any atom is 0.234 e. The predicted octanol–water partition coefficient (Wildman–Crippen LogP) is 31.7. The molecular weight excluding hydrogens is 1710 g/mol. The molecule has 0 saturated carbocycles. The first kappa shape index (κ1) is 80.6. The van der Waals surface area contributed by atoms with Gasteiger partial charge >= 0.3 is 0 Å². The molecule has 11 aromatic heterocycles. The molecule has 4 N–H and O–H groups in total. The average molecular weight is 1780 g/mol. The Morgan fingerprint density at radius 3 is 0.856 bits per heavy atom. The van der Waals surface area contributed by atoms with Gasteiger partial charge in [-0.2, -0.15) is 8.75 Å². The first-order valence-electron chi connectivity index (χ1n) is 40.7. The van der Waals surface area contributed by atoms with Gasteiger partial charge in [-0.25, -0.2) is 19.9 Å². The van der Waals surface area contributed by atoms with Crippen LogP contribution in [0, 0.1) is 55.4 Å². The van der Waals surface area contributed by atoms with Gasteiger partial charge in [0.25, 0.3) is 0 Å². The predicted molar refractivity (Wildman–Crippen MR) is 542 cm³/mol. The number of carbonyl (C=O) groups excluding carboxylic acids is 2. The third-order valence-corrected chi connectivity index (χ3v) is 31.0. The van der Waals surface area contributed by atoms with Crippen LogP contribution in [0.15, 0.2) is 287 Å². The smallest absolute Gasteiger partial charge is 0.234 e. The van der Waals surface area contributed by atoms with Crippen LogP contribution in [0.25, 0.3) is 192 Å². The van der Waals surface area contributed by atoms with Crippen molar-refractivity contribution in [1.82, 2.24) is 28.7 Å². The van der Waals surface area contributed by atoms with Gasteiger partial charge in [0.15, 0.2) is 0 Å². The molecule has 0 spiro atoms. The van der Waals surface area contributed by atoms with Crippen molar-refractivity contribution in [3.63, 3.8) is 0 Å². The van der Waals surface area contributed by atoms with E-state index in [4.69, 9.17) is 31.4 Å². The SMILES string of the molecule is Cc1ccc2c(c1)-c1cc(C)ccc1C(=O)C2=O.Cc1ccc2c(c1)c1cc(C)ccc1c1nc3c(-c4ccc(-c5ccc(C)s5)s4)ccc(C)c3nc21.Cc1ccc2c(c1)c1cc(C)ccc1c1nc3c(-c4cccs4)ccc(-c4cccs4)c3nc21.Nc1c(-c2cccs2)ccc(-c2cccs2)c1N.c1csc(-c2ccc(-c3cccs3)c3nsnc23)c1. The minimum atomic E-state index is -0.402. The molecule has 1 aliphatic rings. The van der Waals surface area contributed by atoms with E-state index in [1.165, 1.54) is 111 Å². The summed E-state index contributed by atoms with van der Waals surface area (Å²) in [5.41, 5.74) is 42.4. The average Bonchev–Trinajstić information content (AvgIpc) is 1.67. The fraction of sp³-hybridized carbons (Fsp3) is 0.0755. The number of nitrogen functional groups attached to an aromatic ring is 2. The minimum absolute atomic E-state index is 0.402. The molecule has 12 aromatic carbocycles. The van der Waals surface area contributed by atoms with Gasteiger partial charge in [-0.3, -0.25) is 9.59 Å². The Morgan fingerprint density at radius 2 is 0.504 bits per heavy atom. The molecule has 0 aliphatic heterocycles. The van der Waals surface area contributed by atoms with E-state index in [0.29, 0.717) is 22.5 Å². The lowest BCUT2D eigenvalue weighted by Gasteiger charge is -2.18. The van der Waals surface area contributed by atoms with Crippen molar-refractivity contribution in [3.8, 4) is 94.0 Å². The minimum Gasteiger partial charge on any atom is -0.397 e. The third-order valence-electron chi connectivity index (χ3n) is 22.8. The second-order valence-corrected chi connectivity index (χ2v) is 39.9. The van der Waals surface area contributed by atoms with Crippen molar-refractivity contribution in [2.75, 3.05) is 11.5 Å². The second kappa shape index (κ2) is 33.7. The molecule has 0 unspecified atom stereocenters. The number of hydrogen-bond acceptors (Lipinski definition) is 19. The number of anilines is 2. The number of thiophene rings is 8. The second-order valence-electron chi connectivity index (χ2n) is 31.3. The number of rotatable bonds is 8. The lowest BCUT2D eigenvalue weighted by molar-refractivity contribution is 0.0815. The summed E-state index contributed by atoms with van der Waals surface area (Å²) in [6.07, 6.45) is 0. The highest BCUT2D eigenvalue weighted by Gasteiger charge is 2.31. The van der Waals surface area contributed by atoms with E-state index in [0.717, 1.165) is 137 Å². The number of aromatic nitrogens is 6. The van der Waals surface area contributed by atoms with Crippen molar-refractivity contribution in [2.24, 2.45) is 0 Å². The zero-order valence-electron chi connectivity index (χ0n) is 69.0. The van der Waals surface area contributed by atoms with Crippen LogP contribution in [0.5, 0.6) is 0 Å². The molecule has 0 fully saturated rings. The molecule has 11 heterocycles. The number of benzene rings is 12. The largest absolute Gasteiger partial charge is 0.397 e. The summed E-state index contributed by atoms with van der Waals surface area (Å²) in [5, 5.41) is 22.1. The lowest BCUT2D eigenvalue weighted by Crippen LogP contribution is -2.21. The van der Waals surface area contributed by atoms with Crippen LogP contribution in [0.3, 0.4) is 0 Å². The maximum atomic E-state index is 12.0. The van der Waals surface area contributed by atoms with Crippen LogP contribution in [0.4, 0.5) is 11.4 Å². The summed E-state index contributed by atoms with van der Waals surface area (Å²) in [6.45, 7) is 16.9. The zero-order valence-corrected chi connectivity index (χ0v) is 76.4. The molecule has 10 nitrogen and oxygen atoms in total.